The van der Waals surface area contributed by atoms with Gasteiger partial charge in [0, 0.05) is 24.0 Å². The first kappa shape index (κ1) is 18.5. The van der Waals surface area contributed by atoms with Crippen molar-refractivity contribution in [2.45, 2.75) is 37.7 Å². The molecule has 2 aromatic rings. The molecule has 4 rings (SSSR count). The molecule has 1 amide bonds. The molecule has 0 radical (unpaired) electrons. The van der Waals surface area contributed by atoms with Crippen LogP contribution in [0.4, 0.5) is 0 Å². The summed E-state index contributed by atoms with van der Waals surface area (Å²) in [6.45, 7) is 2.39. The summed E-state index contributed by atoms with van der Waals surface area (Å²) in [5.41, 5.74) is 2.55. The van der Waals surface area contributed by atoms with Gasteiger partial charge in [0.05, 0.1) is 12.7 Å². The van der Waals surface area contributed by atoms with Crippen molar-refractivity contribution < 1.29 is 9.53 Å². The predicted molar refractivity (Wildman–Crippen MR) is 108 cm³/mol. The van der Waals surface area contributed by atoms with E-state index in [1.54, 1.807) is 0 Å². The highest BCUT2D eigenvalue weighted by molar-refractivity contribution is 6.30. The Morgan fingerprint density at radius 2 is 1.74 bits per heavy atom. The van der Waals surface area contributed by atoms with Gasteiger partial charge in [0.15, 0.2) is 0 Å². The van der Waals surface area contributed by atoms with Crippen molar-refractivity contribution in [2.24, 2.45) is 5.92 Å². The van der Waals surface area contributed by atoms with E-state index in [2.05, 4.69) is 24.3 Å². The van der Waals surface area contributed by atoms with Crippen molar-refractivity contribution in [2.75, 3.05) is 19.7 Å². The zero-order valence-corrected chi connectivity index (χ0v) is 16.3. The maximum Gasteiger partial charge on any atom is 0.226 e. The molecule has 1 saturated heterocycles. The fourth-order valence-corrected chi connectivity index (χ4v) is 4.14. The van der Waals surface area contributed by atoms with Crippen LogP contribution in [0.1, 0.15) is 36.3 Å². The second kappa shape index (κ2) is 8.45. The quantitative estimate of drug-likeness (QED) is 0.724. The predicted octanol–water partition coefficient (Wildman–Crippen LogP) is 4.69. The number of carbonyl (C=O) groups is 1. The highest BCUT2D eigenvalue weighted by Gasteiger charge is 2.46. The van der Waals surface area contributed by atoms with E-state index in [1.165, 1.54) is 11.1 Å². The van der Waals surface area contributed by atoms with Crippen molar-refractivity contribution in [1.29, 1.82) is 0 Å². The van der Waals surface area contributed by atoms with Crippen LogP contribution in [0.25, 0.3) is 0 Å². The van der Waals surface area contributed by atoms with E-state index in [1.807, 2.05) is 35.2 Å². The van der Waals surface area contributed by atoms with E-state index in [4.69, 9.17) is 16.3 Å². The molecular weight excluding hydrogens is 358 g/mol. The van der Waals surface area contributed by atoms with Crippen LogP contribution in [0.2, 0.25) is 5.02 Å². The first-order chi connectivity index (χ1) is 13.2. The molecule has 0 spiro atoms. The molecule has 142 valence electrons. The summed E-state index contributed by atoms with van der Waals surface area (Å²) in [7, 11) is 0. The Morgan fingerprint density at radius 1 is 1.04 bits per heavy atom. The van der Waals surface area contributed by atoms with Gasteiger partial charge >= 0.3 is 0 Å². The summed E-state index contributed by atoms with van der Waals surface area (Å²) in [6.07, 6.45) is 4.08. The summed E-state index contributed by atoms with van der Waals surface area (Å²) < 4.78 is 6.04. The lowest BCUT2D eigenvalue weighted by Gasteiger charge is -2.32. The molecule has 1 heterocycles. The number of carbonyl (C=O) groups excluding carboxylic acids is 1. The Bertz CT molecular complexity index is 754. The maximum atomic E-state index is 12.8. The van der Waals surface area contributed by atoms with Gasteiger partial charge in [-0.05, 0) is 54.9 Å². The third-order valence-corrected chi connectivity index (χ3v) is 6.00. The Balaban J connectivity index is 1.19. The van der Waals surface area contributed by atoms with Gasteiger partial charge in [-0.15, -0.1) is 0 Å². The number of ether oxygens (including phenoxy) is 1. The third-order valence-electron chi connectivity index (χ3n) is 5.75. The lowest BCUT2D eigenvalue weighted by atomic mass is 10.1. The fourth-order valence-electron chi connectivity index (χ4n) is 4.01. The van der Waals surface area contributed by atoms with Gasteiger partial charge in [-0.2, -0.15) is 0 Å². The van der Waals surface area contributed by atoms with Gasteiger partial charge in [0.1, 0.15) is 0 Å². The summed E-state index contributed by atoms with van der Waals surface area (Å²) in [6, 6.07) is 18.4. The minimum absolute atomic E-state index is 0.154. The van der Waals surface area contributed by atoms with E-state index < -0.39 is 0 Å². The number of piperidine rings is 1. The maximum absolute atomic E-state index is 12.8. The van der Waals surface area contributed by atoms with Crippen molar-refractivity contribution >= 4 is 17.5 Å². The molecule has 27 heavy (non-hydrogen) atoms. The van der Waals surface area contributed by atoms with E-state index in [0.29, 0.717) is 11.8 Å². The van der Waals surface area contributed by atoms with Crippen molar-refractivity contribution in [3.63, 3.8) is 0 Å². The van der Waals surface area contributed by atoms with E-state index in [9.17, 15) is 4.79 Å². The van der Waals surface area contributed by atoms with Gasteiger partial charge in [0.2, 0.25) is 5.91 Å². The average molecular weight is 384 g/mol. The topological polar surface area (TPSA) is 29.5 Å². The number of likely N-dealkylation sites (tertiary alicyclic amines) is 1. The van der Waals surface area contributed by atoms with Crippen LogP contribution in [-0.2, 0) is 16.0 Å². The number of hydrogen-bond acceptors (Lipinski definition) is 2. The molecule has 4 heteroatoms. The molecule has 0 bridgehead atoms. The highest BCUT2D eigenvalue weighted by atomic mass is 35.5. The van der Waals surface area contributed by atoms with Gasteiger partial charge in [-0.25, -0.2) is 0 Å². The first-order valence-electron chi connectivity index (χ1n) is 9.90. The Kier molecular flexibility index (Phi) is 5.80. The first-order valence-corrected chi connectivity index (χ1v) is 10.3. The summed E-state index contributed by atoms with van der Waals surface area (Å²) >= 11 is 5.96. The van der Waals surface area contributed by atoms with Gasteiger partial charge in [-0.3, -0.25) is 4.79 Å². The summed E-state index contributed by atoms with van der Waals surface area (Å²) in [5, 5.41) is 0.747. The molecule has 2 aliphatic rings. The Morgan fingerprint density at radius 3 is 2.44 bits per heavy atom. The lowest BCUT2D eigenvalue weighted by molar-refractivity contribution is -0.135. The molecule has 2 atom stereocenters. The summed E-state index contributed by atoms with van der Waals surface area (Å²) in [4.78, 5) is 14.8. The molecule has 1 aliphatic heterocycles. The van der Waals surface area contributed by atoms with Crippen molar-refractivity contribution in [3.8, 4) is 0 Å². The smallest absolute Gasteiger partial charge is 0.226 e. The fraction of sp³-hybridized carbons (Fsp3) is 0.435. The monoisotopic (exact) mass is 383 g/mol. The zero-order valence-electron chi connectivity index (χ0n) is 15.5. The van der Waals surface area contributed by atoms with Crippen LogP contribution >= 0.6 is 11.6 Å². The number of hydrogen-bond donors (Lipinski definition) is 0. The molecule has 1 saturated carbocycles. The molecule has 0 N–H and O–H groups in total. The van der Waals surface area contributed by atoms with Crippen LogP contribution in [0.5, 0.6) is 0 Å². The molecule has 2 aromatic carbocycles. The van der Waals surface area contributed by atoms with Crippen LogP contribution in [0.15, 0.2) is 54.6 Å². The van der Waals surface area contributed by atoms with Crippen molar-refractivity contribution in [1.82, 2.24) is 4.90 Å². The molecule has 0 aromatic heterocycles. The average Bonchev–Trinajstić information content (AvgIpc) is 3.50. The molecule has 1 aliphatic carbocycles. The number of rotatable bonds is 6. The van der Waals surface area contributed by atoms with Crippen LogP contribution in [-0.4, -0.2) is 36.6 Å². The lowest BCUT2D eigenvalue weighted by Crippen LogP contribution is -2.42. The zero-order chi connectivity index (χ0) is 18.6. The van der Waals surface area contributed by atoms with Crippen molar-refractivity contribution in [3.05, 3.63) is 70.7 Å². The van der Waals surface area contributed by atoms with Crippen LogP contribution < -0.4 is 0 Å². The molecular formula is C23H26ClNO2. The number of nitrogens with zero attached hydrogens (tertiary/aromatic N) is 1. The van der Waals surface area contributed by atoms with Crippen LogP contribution in [0.3, 0.4) is 0 Å². The van der Waals surface area contributed by atoms with E-state index in [0.717, 1.165) is 50.4 Å². The third kappa shape index (κ3) is 4.72. The highest BCUT2D eigenvalue weighted by Crippen LogP contribution is 2.48. The molecule has 2 unspecified atom stereocenters. The number of amides is 1. The second-order valence-electron chi connectivity index (χ2n) is 7.63. The minimum atomic E-state index is 0.154. The van der Waals surface area contributed by atoms with Gasteiger partial charge in [-0.1, -0.05) is 54.1 Å². The Labute approximate surface area is 166 Å². The van der Waals surface area contributed by atoms with Gasteiger partial charge < -0.3 is 9.64 Å². The molecule has 3 nitrogen and oxygen atoms in total. The largest absolute Gasteiger partial charge is 0.378 e. The van der Waals surface area contributed by atoms with Crippen LogP contribution in [0, 0.1) is 5.92 Å². The minimum Gasteiger partial charge on any atom is -0.378 e. The standard InChI is InChI=1S/C23H26ClNO2/c24-19-8-6-18(7-9-19)21-16-22(21)23(26)25-13-10-20(11-14-25)27-15-12-17-4-2-1-3-5-17/h1-9,20-22H,10-16H2. The Hall–Kier alpha value is -1.84. The SMILES string of the molecule is O=C(C1CC1c1ccc(Cl)cc1)N1CCC(OCCc2ccccc2)CC1. The molecule has 2 fully saturated rings. The number of halogens is 1. The second-order valence-corrected chi connectivity index (χ2v) is 8.07. The number of benzene rings is 2. The summed E-state index contributed by atoms with van der Waals surface area (Å²) in [5.74, 6) is 0.842. The normalized spacial score (nSPS) is 22.6. The van der Waals surface area contributed by atoms with Gasteiger partial charge in [0.25, 0.3) is 0 Å². The van der Waals surface area contributed by atoms with E-state index in [-0.39, 0.29) is 12.0 Å². The van der Waals surface area contributed by atoms with E-state index >= 15 is 0 Å².